The standard InChI is InChI=1S/C10H18N2O4/c1-3-4-11-10(14)12-5-6-16-7-8(12)9(13)15-2/h8H,3-7H2,1-2H3,(H,11,14). The highest BCUT2D eigenvalue weighted by Gasteiger charge is 2.33. The monoisotopic (exact) mass is 230 g/mol. The number of carbonyl (C=O) groups excluding carboxylic acids is 2. The molecule has 1 rings (SSSR count). The van der Waals surface area contributed by atoms with Crippen molar-refractivity contribution >= 4 is 12.0 Å². The smallest absolute Gasteiger partial charge is 0.331 e. The second-order valence-electron chi connectivity index (χ2n) is 3.54. The van der Waals surface area contributed by atoms with E-state index in [0.717, 1.165) is 6.42 Å². The molecule has 1 fully saturated rings. The van der Waals surface area contributed by atoms with E-state index in [2.05, 4.69) is 10.1 Å². The van der Waals surface area contributed by atoms with Gasteiger partial charge in [0.05, 0.1) is 20.3 Å². The zero-order chi connectivity index (χ0) is 12.0. The Morgan fingerprint density at radius 3 is 2.94 bits per heavy atom. The van der Waals surface area contributed by atoms with Crippen molar-refractivity contribution in [2.75, 3.05) is 33.4 Å². The maximum atomic E-state index is 11.7. The van der Waals surface area contributed by atoms with Crippen molar-refractivity contribution in [3.63, 3.8) is 0 Å². The van der Waals surface area contributed by atoms with Crippen LogP contribution in [0.4, 0.5) is 4.79 Å². The summed E-state index contributed by atoms with van der Waals surface area (Å²) in [6.45, 7) is 3.63. The van der Waals surface area contributed by atoms with Gasteiger partial charge in [0.1, 0.15) is 0 Å². The molecular weight excluding hydrogens is 212 g/mol. The Kier molecular flexibility index (Phi) is 5.04. The number of rotatable bonds is 3. The third kappa shape index (κ3) is 3.10. The van der Waals surface area contributed by atoms with E-state index in [1.807, 2.05) is 6.92 Å². The first-order valence-corrected chi connectivity index (χ1v) is 5.40. The van der Waals surface area contributed by atoms with Crippen molar-refractivity contribution in [3.8, 4) is 0 Å². The van der Waals surface area contributed by atoms with Crippen LogP contribution in [0.5, 0.6) is 0 Å². The SMILES string of the molecule is CCCNC(=O)N1CCOCC1C(=O)OC. The first-order valence-electron chi connectivity index (χ1n) is 5.40. The number of urea groups is 1. The number of ether oxygens (including phenoxy) is 2. The molecule has 1 atom stereocenters. The largest absolute Gasteiger partial charge is 0.467 e. The van der Waals surface area contributed by atoms with Gasteiger partial charge in [0.2, 0.25) is 0 Å². The molecule has 0 bridgehead atoms. The number of hydrogen-bond acceptors (Lipinski definition) is 4. The molecule has 16 heavy (non-hydrogen) atoms. The molecule has 1 saturated heterocycles. The lowest BCUT2D eigenvalue weighted by atomic mass is 10.2. The van der Waals surface area contributed by atoms with E-state index in [1.165, 1.54) is 12.0 Å². The Labute approximate surface area is 94.9 Å². The van der Waals surface area contributed by atoms with E-state index in [1.54, 1.807) is 0 Å². The number of methoxy groups -OCH3 is 1. The van der Waals surface area contributed by atoms with Gasteiger partial charge in [0.25, 0.3) is 0 Å². The van der Waals surface area contributed by atoms with E-state index in [9.17, 15) is 9.59 Å². The number of amides is 2. The maximum Gasteiger partial charge on any atom is 0.331 e. The molecule has 1 N–H and O–H groups in total. The lowest BCUT2D eigenvalue weighted by Gasteiger charge is -2.33. The van der Waals surface area contributed by atoms with Gasteiger partial charge in [0, 0.05) is 13.1 Å². The summed E-state index contributed by atoms with van der Waals surface area (Å²) in [4.78, 5) is 24.6. The molecule has 92 valence electrons. The highest BCUT2D eigenvalue weighted by molar-refractivity contribution is 5.83. The van der Waals surface area contributed by atoms with Crippen LogP contribution in [0.2, 0.25) is 0 Å². The molecule has 0 aliphatic carbocycles. The van der Waals surface area contributed by atoms with E-state index in [-0.39, 0.29) is 12.6 Å². The second kappa shape index (κ2) is 6.32. The van der Waals surface area contributed by atoms with Crippen LogP contribution >= 0.6 is 0 Å². The number of hydrogen-bond donors (Lipinski definition) is 1. The van der Waals surface area contributed by atoms with E-state index in [4.69, 9.17) is 4.74 Å². The van der Waals surface area contributed by atoms with Gasteiger partial charge in [-0.1, -0.05) is 6.92 Å². The third-order valence-electron chi connectivity index (χ3n) is 2.39. The van der Waals surface area contributed by atoms with Gasteiger partial charge < -0.3 is 19.7 Å². The average Bonchev–Trinajstić information content (AvgIpc) is 2.35. The molecule has 2 amide bonds. The minimum atomic E-state index is -0.629. The first kappa shape index (κ1) is 12.8. The van der Waals surface area contributed by atoms with Gasteiger partial charge in [0.15, 0.2) is 6.04 Å². The summed E-state index contributed by atoms with van der Waals surface area (Å²) in [6.07, 6.45) is 0.860. The Balaban J connectivity index is 2.59. The van der Waals surface area contributed by atoms with Gasteiger partial charge in [-0.25, -0.2) is 9.59 Å². The average molecular weight is 230 g/mol. The Morgan fingerprint density at radius 2 is 2.31 bits per heavy atom. The van der Waals surface area contributed by atoms with Gasteiger partial charge in [-0.15, -0.1) is 0 Å². The number of nitrogens with one attached hydrogen (secondary N) is 1. The Hall–Kier alpha value is -1.30. The minimum Gasteiger partial charge on any atom is -0.467 e. The summed E-state index contributed by atoms with van der Waals surface area (Å²) in [5.41, 5.74) is 0. The summed E-state index contributed by atoms with van der Waals surface area (Å²) in [7, 11) is 1.30. The second-order valence-corrected chi connectivity index (χ2v) is 3.54. The van der Waals surface area contributed by atoms with Gasteiger partial charge >= 0.3 is 12.0 Å². The zero-order valence-electron chi connectivity index (χ0n) is 9.69. The van der Waals surface area contributed by atoms with Crippen LogP contribution in [0.15, 0.2) is 0 Å². The fourth-order valence-corrected chi connectivity index (χ4v) is 1.51. The highest BCUT2D eigenvalue weighted by Crippen LogP contribution is 2.08. The molecule has 1 unspecified atom stereocenters. The molecule has 0 spiro atoms. The summed E-state index contributed by atoms with van der Waals surface area (Å²) in [6, 6.07) is -0.865. The van der Waals surface area contributed by atoms with Crippen LogP contribution < -0.4 is 5.32 Å². The minimum absolute atomic E-state index is 0.201. The Bertz CT molecular complexity index is 257. The molecule has 6 nitrogen and oxygen atoms in total. The van der Waals surface area contributed by atoms with Crippen molar-refractivity contribution in [1.29, 1.82) is 0 Å². The topological polar surface area (TPSA) is 67.9 Å². The molecule has 0 radical (unpaired) electrons. The molecule has 0 aromatic heterocycles. The number of carbonyl (C=O) groups is 2. The zero-order valence-corrected chi connectivity index (χ0v) is 9.69. The van der Waals surface area contributed by atoms with Crippen molar-refractivity contribution < 1.29 is 19.1 Å². The van der Waals surface area contributed by atoms with Gasteiger partial charge in [-0.2, -0.15) is 0 Å². The van der Waals surface area contributed by atoms with E-state index in [0.29, 0.717) is 19.7 Å². The van der Waals surface area contributed by atoms with Crippen molar-refractivity contribution in [1.82, 2.24) is 10.2 Å². The molecular formula is C10H18N2O4. The summed E-state index contributed by atoms with van der Waals surface area (Å²) in [5, 5.41) is 2.73. The molecule has 0 aromatic rings. The summed E-state index contributed by atoms with van der Waals surface area (Å²) < 4.78 is 9.80. The highest BCUT2D eigenvalue weighted by atomic mass is 16.5. The van der Waals surface area contributed by atoms with Crippen LogP contribution in [-0.4, -0.2) is 56.4 Å². The molecule has 1 aliphatic heterocycles. The van der Waals surface area contributed by atoms with Crippen molar-refractivity contribution in [3.05, 3.63) is 0 Å². The van der Waals surface area contributed by atoms with E-state index < -0.39 is 12.0 Å². The number of morpholine rings is 1. The van der Waals surface area contributed by atoms with Crippen LogP contribution in [0.1, 0.15) is 13.3 Å². The molecule has 0 saturated carbocycles. The van der Waals surface area contributed by atoms with Crippen molar-refractivity contribution in [2.45, 2.75) is 19.4 Å². The predicted octanol–water partition coefficient (Wildman–Crippen LogP) is -0.0202. The van der Waals surface area contributed by atoms with Crippen LogP contribution in [-0.2, 0) is 14.3 Å². The van der Waals surface area contributed by atoms with Crippen LogP contribution in [0.3, 0.4) is 0 Å². The molecule has 1 heterocycles. The fourth-order valence-electron chi connectivity index (χ4n) is 1.51. The first-order chi connectivity index (χ1) is 7.70. The predicted molar refractivity (Wildman–Crippen MR) is 57.0 cm³/mol. The van der Waals surface area contributed by atoms with Crippen molar-refractivity contribution in [2.24, 2.45) is 0 Å². The summed E-state index contributed by atoms with van der Waals surface area (Å²) >= 11 is 0. The number of nitrogens with zero attached hydrogens (tertiary/aromatic N) is 1. The third-order valence-corrected chi connectivity index (χ3v) is 2.39. The van der Waals surface area contributed by atoms with E-state index >= 15 is 0 Å². The van der Waals surface area contributed by atoms with Crippen LogP contribution in [0, 0.1) is 0 Å². The molecule has 0 aromatic carbocycles. The molecule has 1 aliphatic rings. The summed E-state index contributed by atoms with van der Waals surface area (Å²) in [5.74, 6) is -0.439. The fraction of sp³-hybridized carbons (Fsp3) is 0.800. The lowest BCUT2D eigenvalue weighted by molar-refractivity contribution is -0.151. The van der Waals surface area contributed by atoms with Gasteiger partial charge in [-0.05, 0) is 6.42 Å². The Morgan fingerprint density at radius 1 is 1.56 bits per heavy atom. The lowest BCUT2D eigenvalue weighted by Crippen LogP contribution is -2.56. The maximum absolute atomic E-state index is 11.7. The number of esters is 1. The quantitative estimate of drug-likeness (QED) is 0.692. The van der Waals surface area contributed by atoms with Crippen LogP contribution in [0.25, 0.3) is 0 Å². The van der Waals surface area contributed by atoms with Gasteiger partial charge in [-0.3, -0.25) is 0 Å². The normalized spacial score (nSPS) is 20.4. The molecule has 6 heteroatoms.